The van der Waals surface area contributed by atoms with Crippen molar-refractivity contribution >= 4 is 10.0 Å². The molecular formula is C13H18F2N2O2S. The smallest absolute Gasteiger partial charge is 0.243 e. The molecule has 1 aromatic rings. The molecule has 0 spiro atoms. The van der Waals surface area contributed by atoms with E-state index in [1.807, 2.05) is 6.92 Å². The van der Waals surface area contributed by atoms with E-state index in [0.717, 1.165) is 38.1 Å². The molecule has 7 heteroatoms. The summed E-state index contributed by atoms with van der Waals surface area (Å²) in [5, 5.41) is 3.20. The Morgan fingerprint density at radius 1 is 1.30 bits per heavy atom. The van der Waals surface area contributed by atoms with Crippen molar-refractivity contribution in [1.82, 2.24) is 10.0 Å². The molecule has 0 aromatic heterocycles. The fourth-order valence-electron chi connectivity index (χ4n) is 2.25. The van der Waals surface area contributed by atoms with E-state index in [4.69, 9.17) is 0 Å². The summed E-state index contributed by atoms with van der Waals surface area (Å²) < 4.78 is 53.2. The van der Waals surface area contributed by atoms with Gasteiger partial charge in [-0.3, -0.25) is 0 Å². The van der Waals surface area contributed by atoms with Gasteiger partial charge in [-0.25, -0.2) is 21.9 Å². The third kappa shape index (κ3) is 3.34. The van der Waals surface area contributed by atoms with Gasteiger partial charge in [-0.15, -0.1) is 0 Å². The average molecular weight is 304 g/mol. The van der Waals surface area contributed by atoms with E-state index in [9.17, 15) is 17.2 Å². The largest absolute Gasteiger partial charge is 0.317 e. The first-order chi connectivity index (χ1) is 9.34. The minimum atomic E-state index is -4.04. The fraction of sp³-hybridized carbons (Fsp3) is 0.538. The molecule has 0 unspecified atom stereocenters. The maximum atomic E-state index is 13.6. The predicted molar refractivity (Wildman–Crippen MR) is 71.8 cm³/mol. The van der Waals surface area contributed by atoms with Crippen molar-refractivity contribution in [3.63, 3.8) is 0 Å². The van der Waals surface area contributed by atoms with Gasteiger partial charge in [0.2, 0.25) is 10.0 Å². The predicted octanol–water partition coefficient (Wildman–Crippen LogP) is 1.63. The molecule has 2 N–H and O–H groups in total. The maximum absolute atomic E-state index is 13.6. The molecule has 1 aliphatic heterocycles. The van der Waals surface area contributed by atoms with Gasteiger partial charge in [0, 0.05) is 6.54 Å². The molecule has 1 aromatic carbocycles. The highest BCUT2D eigenvalue weighted by atomic mass is 32.2. The molecule has 0 bridgehead atoms. The summed E-state index contributed by atoms with van der Waals surface area (Å²) in [6.07, 6.45) is 1.67. The van der Waals surface area contributed by atoms with E-state index in [2.05, 4.69) is 10.0 Å². The van der Waals surface area contributed by atoms with Gasteiger partial charge >= 0.3 is 0 Å². The first-order valence-electron chi connectivity index (χ1n) is 6.48. The standard InChI is InChI=1S/C13H18F2N2O2S/c1-13(5-7-16-8-6-13)9-17-20(18,19)11-4-2-3-10(14)12(11)15/h2-4,16-17H,5-9H2,1H3. The van der Waals surface area contributed by atoms with Gasteiger partial charge in [-0.1, -0.05) is 13.0 Å². The lowest BCUT2D eigenvalue weighted by molar-refractivity contribution is 0.232. The van der Waals surface area contributed by atoms with Crippen LogP contribution in [-0.2, 0) is 10.0 Å². The molecule has 0 atom stereocenters. The molecule has 0 aliphatic carbocycles. The van der Waals surface area contributed by atoms with Gasteiger partial charge in [-0.05, 0) is 43.5 Å². The van der Waals surface area contributed by atoms with Crippen LogP contribution in [0.3, 0.4) is 0 Å². The van der Waals surface area contributed by atoms with Gasteiger partial charge in [0.1, 0.15) is 4.90 Å². The Balaban J connectivity index is 2.13. The minimum Gasteiger partial charge on any atom is -0.317 e. The highest BCUT2D eigenvalue weighted by Gasteiger charge is 2.30. The van der Waals surface area contributed by atoms with Crippen LogP contribution in [-0.4, -0.2) is 28.1 Å². The van der Waals surface area contributed by atoms with Gasteiger partial charge in [0.15, 0.2) is 11.6 Å². The first-order valence-corrected chi connectivity index (χ1v) is 7.97. The molecule has 20 heavy (non-hydrogen) atoms. The van der Waals surface area contributed by atoms with Crippen LogP contribution in [0, 0.1) is 17.0 Å². The molecule has 0 amide bonds. The van der Waals surface area contributed by atoms with E-state index < -0.39 is 26.6 Å². The third-order valence-electron chi connectivity index (χ3n) is 3.71. The number of nitrogens with one attached hydrogen (secondary N) is 2. The topological polar surface area (TPSA) is 58.2 Å². The molecule has 2 rings (SSSR count). The summed E-state index contributed by atoms with van der Waals surface area (Å²) in [6.45, 7) is 3.85. The van der Waals surface area contributed by atoms with E-state index in [1.165, 1.54) is 6.07 Å². The maximum Gasteiger partial charge on any atom is 0.243 e. The normalized spacial score (nSPS) is 18.9. The molecule has 1 saturated heterocycles. The Labute approximate surface area is 117 Å². The van der Waals surface area contributed by atoms with Crippen molar-refractivity contribution in [3.8, 4) is 0 Å². The number of hydrogen-bond donors (Lipinski definition) is 2. The number of piperidine rings is 1. The van der Waals surface area contributed by atoms with E-state index in [1.54, 1.807) is 0 Å². The van der Waals surface area contributed by atoms with Crippen LogP contribution in [0.15, 0.2) is 23.1 Å². The number of sulfonamides is 1. The lowest BCUT2D eigenvalue weighted by Crippen LogP contribution is -2.43. The van der Waals surface area contributed by atoms with E-state index in [0.29, 0.717) is 0 Å². The zero-order valence-electron chi connectivity index (χ0n) is 11.2. The van der Waals surface area contributed by atoms with Gasteiger partial charge < -0.3 is 5.32 Å². The van der Waals surface area contributed by atoms with Crippen LogP contribution in [0.1, 0.15) is 19.8 Å². The Hall–Kier alpha value is -1.05. The fourth-order valence-corrected chi connectivity index (χ4v) is 3.53. The van der Waals surface area contributed by atoms with Crippen LogP contribution in [0.25, 0.3) is 0 Å². The van der Waals surface area contributed by atoms with Crippen LogP contribution in [0.4, 0.5) is 8.78 Å². The quantitative estimate of drug-likeness (QED) is 0.889. The van der Waals surface area contributed by atoms with Gasteiger partial charge in [0.25, 0.3) is 0 Å². The molecule has 1 aliphatic rings. The Morgan fingerprint density at radius 2 is 1.95 bits per heavy atom. The Kier molecular flexibility index (Phi) is 4.41. The Morgan fingerprint density at radius 3 is 2.60 bits per heavy atom. The highest BCUT2D eigenvalue weighted by Crippen LogP contribution is 2.27. The van der Waals surface area contributed by atoms with Crippen molar-refractivity contribution in [2.75, 3.05) is 19.6 Å². The molecule has 0 radical (unpaired) electrons. The SMILES string of the molecule is CC1(CNS(=O)(=O)c2cccc(F)c2F)CCNCC1. The number of rotatable bonds is 4. The van der Waals surface area contributed by atoms with Gasteiger partial charge in [-0.2, -0.15) is 0 Å². The van der Waals surface area contributed by atoms with Gasteiger partial charge in [0.05, 0.1) is 0 Å². The second kappa shape index (κ2) is 5.75. The number of benzene rings is 1. The number of hydrogen-bond acceptors (Lipinski definition) is 3. The first kappa shape index (κ1) is 15.3. The van der Waals surface area contributed by atoms with Crippen LogP contribution < -0.4 is 10.0 Å². The van der Waals surface area contributed by atoms with Crippen LogP contribution >= 0.6 is 0 Å². The lowest BCUT2D eigenvalue weighted by atomic mass is 9.81. The van der Waals surface area contributed by atoms with Crippen LogP contribution in [0.2, 0.25) is 0 Å². The van der Waals surface area contributed by atoms with E-state index >= 15 is 0 Å². The van der Waals surface area contributed by atoms with Crippen molar-refractivity contribution in [3.05, 3.63) is 29.8 Å². The molecule has 0 saturated carbocycles. The second-order valence-electron chi connectivity index (χ2n) is 5.44. The Bertz CT molecular complexity index is 584. The lowest BCUT2D eigenvalue weighted by Gasteiger charge is -2.34. The third-order valence-corrected chi connectivity index (χ3v) is 5.12. The monoisotopic (exact) mass is 304 g/mol. The molecule has 1 heterocycles. The van der Waals surface area contributed by atoms with Crippen molar-refractivity contribution in [2.45, 2.75) is 24.7 Å². The zero-order valence-corrected chi connectivity index (χ0v) is 12.1. The van der Waals surface area contributed by atoms with E-state index in [-0.39, 0.29) is 12.0 Å². The van der Waals surface area contributed by atoms with Crippen LogP contribution in [0.5, 0.6) is 0 Å². The highest BCUT2D eigenvalue weighted by molar-refractivity contribution is 7.89. The minimum absolute atomic E-state index is 0.165. The molecule has 112 valence electrons. The van der Waals surface area contributed by atoms with Crippen molar-refractivity contribution in [1.29, 1.82) is 0 Å². The van der Waals surface area contributed by atoms with Crippen molar-refractivity contribution in [2.24, 2.45) is 5.41 Å². The summed E-state index contributed by atoms with van der Waals surface area (Å²) >= 11 is 0. The molecule has 4 nitrogen and oxygen atoms in total. The summed E-state index contributed by atoms with van der Waals surface area (Å²) in [5.41, 5.74) is -0.165. The average Bonchev–Trinajstić information content (AvgIpc) is 2.41. The second-order valence-corrected chi connectivity index (χ2v) is 7.17. The molecule has 1 fully saturated rings. The summed E-state index contributed by atoms with van der Waals surface area (Å²) in [7, 11) is -4.04. The zero-order chi connectivity index (χ0) is 14.8. The summed E-state index contributed by atoms with van der Waals surface area (Å²) in [4.78, 5) is -0.643. The molecular weight excluding hydrogens is 286 g/mol. The summed E-state index contributed by atoms with van der Waals surface area (Å²) in [6, 6.07) is 3.13. The van der Waals surface area contributed by atoms with Crippen molar-refractivity contribution < 1.29 is 17.2 Å². The number of halogens is 2. The summed E-state index contributed by atoms with van der Waals surface area (Å²) in [5.74, 6) is -2.50.